The quantitative estimate of drug-likeness (QED) is 0.643. The zero-order valence-corrected chi connectivity index (χ0v) is 11.1. The number of nitrogens with zero attached hydrogens (tertiary/aromatic N) is 1. The fraction of sp³-hybridized carbons (Fsp3) is 0.462. The topological polar surface area (TPSA) is 66.1 Å². The molecule has 2 N–H and O–H groups in total. The summed E-state index contributed by atoms with van der Waals surface area (Å²) < 4.78 is 16.6. The lowest BCUT2D eigenvalue weighted by Gasteiger charge is -2.34. The van der Waals surface area contributed by atoms with Gasteiger partial charge in [0.15, 0.2) is 11.5 Å². The summed E-state index contributed by atoms with van der Waals surface area (Å²) in [6, 6.07) is 3.71. The van der Waals surface area contributed by atoms with Gasteiger partial charge in [-0.2, -0.15) is 5.10 Å². The first-order valence-corrected chi connectivity index (χ1v) is 5.73. The lowest BCUT2D eigenvalue weighted by Crippen LogP contribution is -2.36. The molecule has 0 spiro atoms. The summed E-state index contributed by atoms with van der Waals surface area (Å²) in [7, 11) is 3.18. The van der Waals surface area contributed by atoms with Crippen molar-refractivity contribution in [2.45, 2.75) is 25.9 Å². The molecule has 1 aliphatic rings. The number of hydrogen-bond acceptors (Lipinski definition) is 5. The Hall–Kier alpha value is -1.91. The Morgan fingerprint density at radius 1 is 1.28 bits per heavy atom. The van der Waals surface area contributed by atoms with Gasteiger partial charge in [-0.15, -0.1) is 0 Å². The van der Waals surface area contributed by atoms with Crippen molar-refractivity contribution < 1.29 is 14.2 Å². The highest BCUT2D eigenvalue weighted by Gasteiger charge is 2.34. The number of hydrogen-bond donors (Lipinski definition) is 1. The van der Waals surface area contributed by atoms with Crippen LogP contribution in [0.4, 0.5) is 0 Å². The van der Waals surface area contributed by atoms with Gasteiger partial charge in [0.05, 0.1) is 19.9 Å². The maximum atomic E-state index is 5.97. The molecule has 5 heteroatoms. The Labute approximate surface area is 107 Å². The van der Waals surface area contributed by atoms with Crippen LogP contribution in [0.5, 0.6) is 17.2 Å². The van der Waals surface area contributed by atoms with Gasteiger partial charge in [0.25, 0.3) is 0 Å². The molecule has 5 nitrogen and oxygen atoms in total. The van der Waals surface area contributed by atoms with Crippen LogP contribution in [0, 0.1) is 0 Å². The van der Waals surface area contributed by atoms with Gasteiger partial charge in [0.1, 0.15) is 5.60 Å². The Kier molecular flexibility index (Phi) is 3.07. The zero-order valence-electron chi connectivity index (χ0n) is 11.1. The molecule has 0 fully saturated rings. The molecule has 0 aromatic heterocycles. The van der Waals surface area contributed by atoms with Crippen LogP contribution in [0.3, 0.4) is 0 Å². The van der Waals surface area contributed by atoms with E-state index in [0.29, 0.717) is 23.7 Å². The van der Waals surface area contributed by atoms with Crippen LogP contribution in [-0.2, 0) is 0 Å². The van der Waals surface area contributed by atoms with Crippen LogP contribution < -0.4 is 20.1 Å². The van der Waals surface area contributed by atoms with Gasteiger partial charge in [0, 0.05) is 12.0 Å². The van der Waals surface area contributed by atoms with Crippen molar-refractivity contribution in [3.05, 3.63) is 17.7 Å². The van der Waals surface area contributed by atoms with E-state index in [2.05, 4.69) is 5.10 Å². The minimum atomic E-state index is -0.370. The molecule has 1 aromatic rings. The molecule has 0 unspecified atom stereocenters. The molecule has 0 saturated heterocycles. The second kappa shape index (κ2) is 4.40. The van der Waals surface area contributed by atoms with E-state index in [1.807, 2.05) is 26.0 Å². The Bertz CT molecular complexity index is 495. The number of benzene rings is 1. The first-order chi connectivity index (χ1) is 8.52. The van der Waals surface area contributed by atoms with Gasteiger partial charge in [-0.25, -0.2) is 0 Å². The Morgan fingerprint density at radius 2 is 2.00 bits per heavy atom. The highest BCUT2D eigenvalue weighted by atomic mass is 16.5. The smallest absolute Gasteiger partial charge is 0.204 e. The van der Waals surface area contributed by atoms with Crippen molar-refractivity contribution in [3.63, 3.8) is 0 Å². The maximum Gasteiger partial charge on any atom is 0.204 e. The van der Waals surface area contributed by atoms with E-state index in [4.69, 9.17) is 20.1 Å². The second-order valence-electron chi connectivity index (χ2n) is 4.79. The zero-order chi connectivity index (χ0) is 13.3. The third-order valence-electron chi connectivity index (χ3n) is 2.94. The summed E-state index contributed by atoms with van der Waals surface area (Å²) >= 11 is 0. The first kappa shape index (κ1) is 12.5. The molecule has 1 aromatic carbocycles. The van der Waals surface area contributed by atoms with Gasteiger partial charge in [-0.05, 0) is 26.0 Å². The van der Waals surface area contributed by atoms with E-state index < -0.39 is 0 Å². The van der Waals surface area contributed by atoms with E-state index >= 15 is 0 Å². The standard InChI is InChI=1S/C13H18N2O3/c1-13(2)7-9(15-14)8-5-6-10(16-3)12(17-4)11(8)18-13/h5-6H,7,14H2,1-4H3. The number of rotatable bonds is 2. The predicted octanol–water partition coefficient (Wildman–Crippen LogP) is 1.93. The molecule has 0 amide bonds. The fourth-order valence-corrected chi connectivity index (χ4v) is 2.15. The van der Waals surface area contributed by atoms with E-state index in [-0.39, 0.29) is 5.60 Å². The van der Waals surface area contributed by atoms with E-state index in [9.17, 15) is 0 Å². The highest BCUT2D eigenvalue weighted by Crippen LogP contribution is 2.45. The molecule has 1 heterocycles. The van der Waals surface area contributed by atoms with E-state index in [0.717, 1.165) is 11.3 Å². The molecule has 1 aliphatic heterocycles. The first-order valence-electron chi connectivity index (χ1n) is 5.73. The molecular formula is C13H18N2O3. The SMILES string of the molecule is COc1ccc2c(c1OC)OC(C)(C)CC2=NN. The molecule has 0 radical (unpaired) electrons. The van der Waals surface area contributed by atoms with Crippen LogP contribution in [0.25, 0.3) is 0 Å². The average molecular weight is 250 g/mol. The van der Waals surface area contributed by atoms with Gasteiger partial charge in [0.2, 0.25) is 5.75 Å². The number of fused-ring (bicyclic) bond motifs is 1. The van der Waals surface area contributed by atoms with E-state index in [1.165, 1.54) is 0 Å². The third kappa shape index (κ3) is 1.96. The number of methoxy groups -OCH3 is 2. The number of hydrazone groups is 1. The van der Waals surface area contributed by atoms with Gasteiger partial charge < -0.3 is 20.1 Å². The van der Waals surface area contributed by atoms with Crippen molar-refractivity contribution in [2.75, 3.05) is 14.2 Å². The van der Waals surface area contributed by atoms with Crippen LogP contribution in [-0.4, -0.2) is 25.5 Å². The summed E-state index contributed by atoms with van der Waals surface area (Å²) in [5.41, 5.74) is 1.29. The highest BCUT2D eigenvalue weighted by molar-refractivity contribution is 6.05. The van der Waals surface area contributed by atoms with Crippen molar-refractivity contribution in [3.8, 4) is 17.2 Å². The van der Waals surface area contributed by atoms with Crippen LogP contribution in [0.1, 0.15) is 25.8 Å². The molecule has 0 bridgehead atoms. The minimum absolute atomic E-state index is 0.370. The summed E-state index contributed by atoms with van der Waals surface area (Å²) in [5, 5.41) is 3.86. The Morgan fingerprint density at radius 3 is 2.56 bits per heavy atom. The molecule has 0 aliphatic carbocycles. The van der Waals surface area contributed by atoms with Gasteiger partial charge in [-0.1, -0.05) is 0 Å². The maximum absolute atomic E-state index is 5.97. The van der Waals surface area contributed by atoms with Crippen molar-refractivity contribution in [2.24, 2.45) is 10.9 Å². The van der Waals surface area contributed by atoms with Crippen LogP contribution >= 0.6 is 0 Å². The number of ether oxygens (including phenoxy) is 3. The fourth-order valence-electron chi connectivity index (χ4n) is 2.15. The molecular weight excluding hydrogens is 232 g/mol. The summed E-state index contributed by atoms with van der Waals surface area (Å²) in [5.74, 6) is 7.30. The summed E-state index contributed by atoms with van der Waals surface area (Å²) in [4.78, 5) is 0. The average Bonchev–Trinajstić information content (AvgIpc) is 2.35. The predicted molar refractivity (Wildman–Crippen MR) is 69.6 cm³/mol. The molecule has 2 rings (SSSR count). The monoisotopic (exact) mass is 250 g/mol. The molecule has 0 saturated carbocycles. The summed E-state index contributed by atoms with van der Waals surface area (Å²) in [6.07, 6.45) is 0.659. The lowest BCUT2D eigenvalue weighted by atomic mass is 9.92. The molecule has 18 heavy (non-hydrogen) atoms. The van der Waals surface area contributed by atoms with Crippen LogP contribution in [0.2, 0.25) is 0 Å². The summed E-state index contributed by atoms with van der Waals surface area (Å²) in [6.45, 7) is 3.97. The van der Waals surface area contributed by atoms with Crippen molar-refractivity contribution in [1.82, 2.24) is 0 Å². The Balaban J connectivity index is 2.64. The minimum Gasteiger partial charge on any atom is -0.493 e. The normalized spacial score (nSPS) is 19.0. The third-order valence-corrected chi connectivity index (χ3v) is 2.94. The van der Waals surface area contributed by atoms with Crippen molar-refractivity contribution in [1.29, 1.82) is 0 Å². The molecule has 98 valence electrons. The number of nitrogens with two attached hydrogens (primary N) is 1. The molecule has 0 atom stereocenters. The lowest BCUT2D eigenvalue weighted by molar-refractivity contribution is 0.105. The van der Waals surface area contributed by atoms with Gasteiger partial charge in [-0.3, -0.25) is 0 Å². The van der Waals surface area contributed by atoms with E-state index in [1.54, 1.807) is 14.2 Å². The second-order valence-corrected chi connectivity index (χ2v) is 4.79. The van der Waals surface area contributed by atoms with Crippen molar-refractivity contribution >= 4 is 5.71 Å². The largest absolute Gasteiger partial charge is 0.493 e. The van der Waals surface area contributed by atoms with Gasteiger partial charge >= 0.3 is 0 Å². The van der Waals surface area contributed by atoms with Crippen LogP contribution in [0.15, 0.2) is 17.2 Å².